The molecule has 1 N–H and O–H groups in total. The van der Waals surface area contributed by atoms with Crippen molar-refractivity contribution in [3.63, 3.8) is 0 Å². The number of allylic oxidation sites excluding steroid dienone is 1. The highest BCUT2D eigenvalue weighted by atomic mass is 16.5. The van der Waals surface area contributed by atoms with E-state index in [1.165, 1.54) is 5.56 Å². The summed E-state index contributed by atoms with van der Waals surface area (Å²) in [4.78, 5) is 4.35. The standard InChI is InChI=1S/C20H20N4O/c1-3-14-7-9-15(10-8-14)18-12-19(24-20(23-18)21-13-22-24)16-5-4-6-17(11-16)25-2/h4-13,19H,3H2,1-2H3,(H,21,22,23)/t19-/m1/s1. The zero-order valence-corrected chi connectivity index (χ0v) is 14.3. The van der Waals surface area contributed by atoms with Crippen LogP contribution in [0.4, 0.5) is 5.95 Å². The highest BCUT2D eigenvalue weighted by Gasteiger charge is 2.23. The van der Waals surface area contributed by atoms with E-state index in [4.69, 9.17) is 4.74 Å². The van der Waals surface area contributed by atoms with Crippen molar-refractivity contribution in [1.82, 2.24) is 14.8 Å². The molecule has 1 aromatic heterocycles. The number of benzene rings is 2. The van der Waals surface area contributed by atoms with Crippen molar-refractivity contribution in [2.24, 2.45) is 0 Å². The summed E-state index contributed by atoms with van der Waals surface area (Å²) in [6.07, 6.45) is 4.79. The van der Waals surface area contributed by atoms with E-state index in [-0.39, 0.29) is 6.04 Å². The fourth-order valence-electron chi connectivity index (χ4n) is 3.09. The van der Waals surface area contributed by atoms with Gasteiger partial charge in [0.15, 0.2) is 0 Å². The van der Waals surface area contributed by atoms with Gasteiger partial charge in [-0.3, -0.25) is 0 Å². The van der Waals surface area contributed by atoms with Crippen LogP contribution in [0.3, 0.4) is 0 Å². The van der Waals surface area contributed by atoms with Crippen LogP contribution >= 0.6 is 0 Å². The molecule has 5 nitrogen and oxygen atoms in total. The quantitative estimate of drug-likeness (QED) is 0.787. The van der Waals surface area contributed by atoms with Crippen molar-refractivity contribution >= 4 is 11.6 Å². The molecule has 1 atom stereocenters. The second kappa shape index (κ2) is 6.43. The normalized spacial score (nSPS) is 15.9. The summed E-state index contributed by atoms with van der Waals surface area (Å²) in [5.74, 6) is 1.57. The molecule has 1 aliphatic rings. The molecule has 0 bridgehead atoms. The Balaban J connectivity index is 1.77. The molecule has 0 amide bonds. The van der Waals surface area contributed by atoms with E-state index in [1.54, 1.807) is 13.4 Å². The summed E-state index contributed by atoms with van der Waals surface area (Å²) in [5, 5.41) is 7.76. The lowest BCUT2D eigenvalue weighted by atomic mass is 10.0. The number of fused-ring (bicyclic) bond motifs is 1. The number of nitrogens with zero attached hydrogens (tertiary/aromatic N) is 3. The van der Waals surface area contributed by atoms with Crippen LogP contribution < -0.4 is 10.1 Å². The van der Waals surface area contributed by atoms with E-state index in [9.17, 15) is 0 Å². The minimum atomic E-state index is -0.0327. The lowest BCUT2D eigenvalue weighted by Gasteiger charge is -2.24. The Hall–Kier alpha value is -3.08. The molecule has 126 valence electrons. The van der Waals surface area contributed by atoms with Gasteiger partial charge in [-0.25, -0.2) is 4.68 Å². The molecule has 2 aromatic carbocycles. The summed E-state index contributed by atoms with van der Waals surface area (Å²) in [6.45, 7) is 2.16. The number of hydrogen-bond donors (Lipinski definition) is 1. The van der Waals surface area contributed by atoms with E-state index < -0.39 is 0 Å². The fourth-order valence-corrected chi connectivity index (χ4v) is 3.09. The summed E-state index contributed by atoms with van der Waals surface area (Å²) in [7, 11) is 1.68. The van der Waals surface area contributed by atoms with Crippen molar-refractivity contribution in [1.29, 1.82) is 0 Å². The molecule has 1 aliphatic heterocycles. The van der Waals surface area contributed by atoms with Gasteiger partial charge in [-0.15, -0.1) is 0 Å². The van der Waals surface area contributed by atoms with Gasteiger partial charge in [0.25, 0.3) is 0 Å². The van der Waals surface area contributed by atoms with Gasteiger partial charge in [-0.1, -0.05) is 43.3 Å². The summed E-state index contributed by atoms with van der Waals surface area (Å²) in [6, 6.07) is 16.6. The van der Waals surface area contributed by atoms with Crippen molar-refractivity contribution in [2.45, 2.75) is 19.4 Å². The van der Waals surface area contributed by atoms with Gasteiger partial charge in [-0.05, 0) is 41.3 Å². The minimum absolute atomic E-state index is 0.0327. The topological polar surface area (TPSA) is 52.0 Å². The maximum Gasteiger partial charge on any atom is 0.226 e. The molecule has 0 saturated heterocycles. The highest BCUT2D eigenvalue weighted by molar-refractivity contribution is 5.77. The van der Waals surface area contributed by atoms with Gasteiger partial charge in [0.05, 0.1) is 7.11 Å². The van der Waals surface area contributed by atoms with E-state index in [0.29, 0.717) is 0 Å². The predicted molar refractivity (Wildman–Crippen MR) is 98.6 cm³/mol. The molecule has 4 rings (SSSR count). The molecule has 3 aromatic rings. The van der Waals surface area contributed by atoms with Crippen molar-refractivity contribution < 1.29 is 4.74 Å². The molecule has 5 heteroatoms. The number of ether oxygens (including phenoxy) is 1. The number of aryl methyl sites for hydroxylation is 1. The third-order valence-electron chi connectivity index (χ3n) is 4.52. The first kappa shape index (κ1) is 15.4. The van der Waals surface area contributed by atoms with Crippen LogP contribution in [0.5, 0.6) is 5.75 Å². The van der Waals surface area contributed by atoms with Crippen LogP contribution in [0, 0.1) is 0 Å². The predicted octanol–water partition coefficient (Wildman–Crippen LogP) is 3.91. The first-order chi connectivity index (χ1) is 12.3. The lowest BCUT2D eigenvalue weighted by molar-refractivity contribution is 0.413. The number of aromatic nitrogens is 3. The Kier molecular flexibility index (Phi) is 3.98. The fraction of sp³-hybridized carbons (Fsp3) is 0.200. The molecule has 0 unspecified atom stereocenters. The average Bonchev–Trinajstić information content (AvgIpc) is 3.16. The third-order valence-corrected chi connectivity index (χ3v) is 4.52. The van der Waals surface area contributed by atoms with Crippen molar-refractivity contribution in [3.8, 4) is 5.75 Å². The van der Waals surface area contributed by atoms with E-state index >= 15 is 0 Å². The van der Waals surface area contributed by atoms with Crippen LogP contribution in [-0.4, -0.2) is 21.9 Å². The SMILES string of the molecule is CCc1ccc(C2=C[C@H](c3cccc(OC)c3)n3ncnc3N2)cc1. The molecule has 0 spiro atoms. The Morgan fingerprint density at radius 1 is 1.16 bits per heavy atom. The summed E-state index contributed by atoms with van der Waals surface area (Å²) < 4.78 is 7.26. The van der Waals surface area contributed by atoms with Crippen LogP contribution in [0.2, 0.25) is 0 Å². The van der Waals surface area contributed by atoms with Gasteiger partial charge < -0.3 is 10.1 Å². The lowest BCUT2D eigenvalue weighted by Crippen LogP contribution is -2.20. The number of methoxy groups -OCH3 is 1. The second-order valence-corrected chi connectivity index (χ2v) is 6.01. The molecule has 0 fully saturated rings. The Labute approximate surface area is 147 Å². The van der Waals surface area contributed by atoms with Gasteiger partial charge in [0.1, 0.15) is 18.1 Å². The van der Waals surface area contributed by atoms with Crippen LogP contribution in [0.1, 0.15) is 29.7 Å². The minimum Gasteiger partial charge on any atom is -0.497 e. The Morgan fingerprint density at radius 3 is 2.76 bits per heavy atom. The smallest absolute Gasteiger partial charge is 0.226 e. The van der Waals surface area contributed by atoms with Gasteiger partial charge in [-0.2, -0.15) is 10.1 Å². The summed E-state index contributed by atoms with van der Waals surface area (Å²) in [5.41, 5.74) is 4.61. The number of rotatable bonds is 4. The van der Waals surface area contributed by atoms with Crippen molar-refractivity contribution in [3.05, 3.63) is 77.6 Å². The highest BCUT2D eigenvalue weighted by Crippen LogP contribution is 2.33. The Morgan fingerprint density at radius 2 is 2.00 bits per heavy atom. The van der Waals surface area contributed by atoms with Gasteiger partial charge in [0.2, 0.25) is 5.95 Å². The van der Waals surface area contributed by atoms with E-state index in [1.807, 2.05) is 22.9 Å². The largest absolute Gasteiger partial charge is 0.497 e. The number of nitrogens with one attached hydrogen (secondary N) is 1. The second-order valence-electron chi connectivity index (χ2n) is 6.01. The molecule has 0 saturated carbocycles. The first-order valence-electron chi connectivity index (χ1n) is 8.40. The summed E-state index contributed by atoms with van der Waals surface area (Å²) >= 11 is 0. The third kappa shape index (κ3) is 2.89. The molecular formula is C20H20N4O. The zero-order chi connectivity index (χ0) is 17.2. The van der Waals surface area contributed by atoms with Gasteiger partial charge >= 0.3 is 0 Å². The molecule has 0 radical (unpaired) electrons. The maximum absolute atomic E-state index is 5.37. The number of anilines is 1. The Bertz CT molecular complexity index is 911. The molecule has 25 heavy (non-hydrogen) atoms. The molecule has 2 heterocycles. The maximum atomic E-state index is 5.37. The van der Waals surface area contributed by atoms with Gasteiger partial charge in [0, 0.05) is 5.70 Å². The van der Waals surface area contributed by atoms with Crippen LogP contribution in [0.15, 0.2) is 60.9 Å². The van der Waals surface area contributed by atoms with E-state index in [2.05, 4.69) is 58.7 Å². The molecular weight excluding hydrogens is 312 g/mol. The molecule has 0 aliphatic carbocycles. The van der Waals surface area contributed by atoms with Crippen LogP contribution in [-0.2, 0) is 6.42 Å². The zero-order valence-electron chi connectivity index (χ0n) is 14.3. The van der Waals surface area contributed by atoms with Crippen molar-refractivity contribution in [2.75, 3.05) is 12.4 Å². The van der Waals surface area contributed by atoms with Crippen LogP contribution in [0.25, 0.3) is 5.70 Å². The van der Waals surface area contributed by atoms with E-state index in [0.717, 1.165) is 34.9 Å². The number of hydrogen-bond acceptors (Lipinski definition) is 4. The average molecular weight is 332 g/mol. The first-order valence-corrected chi connectivity index (χ1v) is 8.40. The monoisotopic (exact) mass is 332 g/mol.